The summed E-state index contributed by atoms with van der Waals surface area (Å²) in [5.74, 6) is -0.806. The topological polar surface area (TPSA) is 37.3 Å². The lowest BCUT2D eigenvalue weighted by molar-refractivity contribution is -0.136. The van der Waals surface area contributed by atoms with Crippen molar-refractivity contribution in [2.75, 3.05) is 0 Å². The average Bonchev–Trinajstić information content (AvgIpc) is 1.94. The second kappa shape index (κ2) is 3.72. The van der Waals surface area contributed by atoms with Crippen molar-refractivity contribution in [2.45, 2.75) is 13.3 Å². The van der Waals surface area contributed by atoms with E-state index in [1.165, 1.54) is 0 Å². The third-order valence-corrected chi connectivity index (χ3v) is 2.29. The largest absolute Gasteiger partial charge is 0.481 e. The van der Waals surface area contributed by atoms with Gasteiger partial charge in [-0.25, -0.2) is 0 Å². The van der Waals surface area contributed by atoms with E-state index in [2.05, 4.69) is 15.9 Å². The highest BCUT2D eigenvalue weighted by molar-refractivity contribution is 9.10. The van der Waals surface area contributed by atoms with Crippen LogP contribution >= 0.6 is 15.9 Å². The maximum Gasteiger partial charge on any atom is 0.307 e. The number of rotatable bonds is 2. The summed E-state index contributed by atoms with van der Waals surface area (Å²) in [5, 5.41) is 8.54. The van der Waals surface area contributed by atoms with E-state index >= 15 is 0 Å². The van der Waals surface area contributed by atoms with Gasteiger partial charge in [0, 0.05) is 4.47 Å². The Kier molecular flexibility index (Phi) is 2.87. The molecular weight excluding hydrogens is 220 g/mol. The van der Waals surface area contributed by atoms with E-state index in [-0.39, 0.29) is 6.42 Å². The molecule has 0 aliphatic carbocycles. The molecule has 1 aromatic carbocycles. The van der Waals surface area contributed by atoms with Crippen molar-refractivity contribution in [1.29, 1.82) is 0 Å². The van der Waals surface area contributed by atoms with E-state index in [0.717, 1.165) is 15.6 Å². The molecule has 1 rings (SSSR count). The van der Waals surface area contributed by atoms with Gasteiger partial charge in [-0.3, -0.25) is 4.79 Å². The molecule has 0 heterocycles. The third kappa shape index (κ3) is 2.34. The fourth-order valence-electron chi connectivity index (χ4n) is 0.959. The summed E-state index contributed by atoms with van der Waals surface area (Å²) in [4.78, 5) is 10.4. The normalized spacial score (nSPS) is 9.83. The molecule has 0 aliphatic heterocycles. The minimum atomic E-state index is -0.806. The van der Waals surface area contributed by atoms with Gasteiger partial charge >= 0.3 is 5.97 Å². The molecule has 2 nitrogen and oxygen atoms in total. The molecule has 0 saturated carbocycles. The van der Waals surface area contributed by atoms with Gasteiger partial charge < -0.3 is 5.11 Å². The number of halogens is 1. The van der Waals surface area contributed by atoms with Gasteiger partial charge in [-0.2, -0.15) is 0 Å². The highest BCUT2D eigenvalue weighted by Crippen LogP contribution is 2.18. The van der Waals surface area contributed by atoms with Gasteiger partial charge in [-0.1, -0.05) is 28.1 Å². The molecule has 0 aromatic heterocycles. The maximum absolute atomic E-state index is 10.4. The lowest BCUT2D eigenvalue weighted by Crippen LogP contribution is -2.00. The molecular formula is C9H9BrO2. The zero-order valence-electron chi connectivity index (χ0n) is 6.67. The van der Waals surface area contributed by atoms with E-state index in [0.29, 0.717) is 0 Å². The number of hydrogen-bond acceptors (Lipinski definition) is 1. The van der Waals surface area contributed by atoms with Crippen LogP contribution in [-0.2, 0) is 11.2 Å². The van der Waals surface area contributed by atoms with Crippen LogP contribution in [0.15, 0.2) is 22.7 Å². The van der Waals surface area contributed by atoms with Crippen LogP contribution in [0.2, 0.25) is 0 Å². The molecule has 0 bridgehead atoms. The van der Waals surface area contributed by atoms with Crippen molar-refractivity contribution in [3.63, 3.8) is 0 Å². The number of benzene rings is 1. The van der Waals surface area contributed by atoms with Crippen molar-refractivity contribution >= 4 is 21.9 Å². The molecule has 0 amide bonds. The van der Waals surface area contributed by atoms with Gasteiger partial charge in [-0.05, 0) is 24.1 Å². The molecule has 0 fully saturated rings. The van der Waals surface area contributed by atoms with Crippen LogP contribution in [0, 0.1) is 6.92 Å². The summed E-state index contributed by atoms with van der Waals surface area (Å²) >= 11 is 3.31. The molecule has 0 unspecified atom stereocenters. The fourth-order valence-corrected chi connectivity index (χ4v) is 1.59. The number of aryl methyl sites for hydroxylation is 1. The predicted octanol–water partition coefficient (Wildman–Crippen LogP) is 2.38. The van der Waals surface area contributed by atoms with Gasteiger partial charge in [0.25, 0.3) is 0 Å². The molecule has 3 heteroatoms. The standard InChI is InChI=1S/C9H9BrO2/c1-6-2-3-7(5-9(11)12)8(10)4-6/h2-4H,5H2,1H3,(H,11,12). The van der Waals surface area contributed by atoms with E-state index in [9.17, 15) is 4.79 Å². The van der Waals surface area contributed by atoms with Crippen LogP contribution in [-0.4, -0.2) is 11.1 Å². The number of carbonyl (C=O) groups is 1. The zero-order valence-corrected chi connectivity index (χ0v) is 8.26. The molecule has 1 N–H and O–H groups in total. The van der Waals surface area contributed by atoms with Gasteiger partial charge in [0.15, 0.2) is 0 Å². The maximum atomic E-state index is 10.4. The second-order valence-electron chi connectivity index (χ2n) is 2.67. The van der Waals surface area contributed by atoms with Gasteiger partial charge in [0.05, 0.1) is 6.42 Å². The van der Waals surface area contributed by atoms with Crippen molar-refractivity contribution in [3.05, 3.63) is 33.8 Å². The molecule has 0 spiro atoms. The Labute approximate surface area is 79.3 Å². The van der Waals surface area contributed by atoms with Crippen molar-refractivity contribution in [1.82, 2.24) is 0 Å². The van der Waals surface area contributed by atoms with Crippen LogP contribution in [0.4, 0.5) is 0 Å². The number of carboxylic acid groups (broad SMARTS) is 1. The van der Waals surface area contributed by atoms with E-state index in [1.807, 2.05) is 25.1 Å². The summed E-state index contributed by atoms with van der Waals surface area (Å²) in [7, 11) is 0. The Morgan fingerprint density at radius 1 is 1.58 bits per heavy atom. The number of carboxylic acids is 1. The van der Waals surface area contributed by atoms with Crippen molar-refractivity contribution < 1.29 is 9.90 Å². The van der Waals surface area contributed by atoms with Crippen LogP contribution in [0.5, 0.6) is 0 Å². The summed E-state index contributed by atoms with van der Waals surface area (Å²) in [6.07, 6.45) is 0.0703. The minimum Gasteiger partial charge on any atom is -0.481 e. The number of hydrogen-bond donors (Lipinski definition) is 1. The van der Waals surface area contributed by atoms with Crippen LogP contribution in [0.25, 0.3) is 0 Å². The summed E-state index contributed by atoms with van der Waals surface area (Å²) in [6.45, 7) is 1.97. The van der Waals surface area contributed by atoms with Crippen LogP contribution in [0.3, 0.4) is 0 Å². The molecule has 64 valence electrons. The Hall–Kier alpha value is -0.830. The third-order valence-electron chi connectivity index (χ3n) is 1.55. The fraction of sp³-hybridized carbons (Fsp3) is 0.222. The Bertz CT molecular complexity index is 307. The Morgan fingerprint density at radius 3 is 2.75 bits per heavy atom. The average molecular weight is 229 g/mol. The molecule has 0 radical (unpaired) electrons. The molecule has 12 heavy (non-hydrogen) atoms. The van der Waals surface area contributed by atoms with Crippen LogP contribution in [0.1, 0.15) is 11.1 Å². The lowest BCUT2D eigenvalue weighted by atomic mass is 10.1. The second-order valence-corrected chi connectivity index (χ2v) is 3.52. The first-order valence-electron chi connectivity index (χ1n) is 3.56. The summed E-state index contributed by atoms with van der Waals surface area (Å²) < 4.78 is 0.866. The zero-order chi connectivity index (χ0) is 9.14. The highest BCUT2D eigenvalue weighted by Gasteiger charge is 2.03. The van der Waals surface area contributed by atoms with Gasteiger partial charge in [0.2, 0.25) is 0 Å². The van der Waals surface area contributed by atoms with Crippen molar-refractivity contribution in [3.8, 4) is 0 Å². The Morgan fingerprint density at radius 2 is 2.25 bits per heavy atom. The van der Waals surface area contributed by atoms with E-state index < -0.39 is 5.97 Å². The quantitative estimate of drug-likeness (QED) is 0.845. The minimum absolute atomic E-state index is 0.0703. The summed E-state index contributed by atoms with van der Waals surface area (Å²) in [5.41, 5.74) is 1.93. The van der Waals surface area contributed by atoms with E-state index in [4.69, 9.17) is 5.11 Å². The first-order chi connectivity index (χ1) is 5.59. The Balaban J connectivity index is 2.93. The monoisotopic (exact) mass is 228 g/mol. The molecule has 0 atom stereocenters. The van der Waals surface area contributed by atoms with Crippen LogP contribution < -0.4 is 0 Å². The van der Waals surface area contributed by atoms with Gasteiger partial charge in [-0.15, -0.1) is 0 Å². The highest BCUT2D eigenvalue weighted by atomic mass is 79.9. The van der Waals surface area contributed by atoms with E-state index in [1.54, 1.807) is 0 Å². The molecule has 0 saturated heterocycles. The molecule has 1 aromatic rings. The smallest absolute Gasteiger partial charge is 0.307 e. The SMILES string of the molecule is Cc1ccc(CC(=O)O)c(Br)c1. The predicted molar refractivity (Wildman–Crippen MR) is 50.2 cm³/mol. The lowest BCUT2D eigenvalue weighted by Gasteiger charge is -2.01. The van der Waals surface area contributed by atoms with Crippen molar-refractivity contribution in [2.24, 2.45) is 0 Å². The molecule has 0 aliphatic rings. The first-order valence-corrected chi connectivity index (χ1v) is 4.35. The summed E-state index contributed by atoms with van der Waals surface area (Å²) in [6, 6.07) is 5.65. The first kappa shape index (κ1) is 9.26. The number of aliphatic carboxylic acids is 1. The van der Waals surface area contributed by atoms with Gasteiger partial charge in [0.1, 0.15) is 0 Å².